The highest BCUT2D eigenvalue weighted by atomic mass is 79.9. The molecule has 1 aromatic rings. The van der Waals surface area contributed by atoms with Gasteiger partial charge in [-0.3, -0.25) is 0 Å². The summed E-state index contributed by atoms with van der Waals surface area (Å²) in [5, 5.41) is 16.3. The number of halogens is 2. The summed E-state index contributed by atoms with van der Waals surface area (Å²) in [5.41, 5.74) is 1.13. The molecule has 0 bridgehead atoms. The number of rotatable bonds is 4. The topological polar surface area (TPSA) is 62.8 Å². The van der Waals surface area contributed by atoms with Crippen LogP contribution in [-0.4, -0.2) is 37.6 Å². The number of aliphatic hydroxyl groups excluding tert-OH is 1. The number of β-amino-alcohol motifs (C(OH)–C–C–N with tert-alkyl or cyclic N) is 1. The summed E-state index contributed by atoms with van der Waals surface area (Å²) < 4.78 is 11.7. The van der Waals surface area contributed by atoms with Gasteiger partial charge in [-0.25, -0.2) is 0 Å². The van der Waals surface area contributed by atoms with E-state index in [1.165, 1.54) is 0 Å². The summed E-state index contributed by atoms with van der Waals surface area (Å²) in [5.74, 6) is 1.86. The Labute approximate surface area is 132 Å². The molecular formula is C13H18BrClN2O3. The maximum atomic E-state index is 9.72. The summed E-state index contributed by atoms with van der Waals surface area (Å²) >= 11 is 3.54. The highest BCUT2D eigenvalue weighted by Crippen LogP contribution is 2.36. The van der Waals surface area contributed by atoms with E-state index in [9.17, 15) is 5.11 Å². The lowest BCUT2D eigenvalue weighted by Gasteiger charge is -2.14. The van der Waals surface area contributed by atoms with Gasteiger partial charge in [0.15, 0.2) is 11.5 Å². The smallest absolute Gasteiger partial charge is 0.231 e. The first kappa shape index (κ1) is 15.9. The Balaban J connectivity index is 0.00000147. The first-order valence-corrected chi connectivity index (χ1v) is 7.21. The van der Waals surface area contributed by atoms with E-state index in [2.05, 4.69) is 26.6 Å². The van der Waals surface area contributed by atoms with Gasteiger partial charge in [0.05, 0.1) is 6.10 Å². The molecule has 0 saturated carbocycles. The lowest BCUT2D eigenvalue weighted by Crippen LogP contribution is -2.30. The Morgan fingerprint density at radius 1 is 1.30 bits per heavy atom. The number of nitrogens with one attached hydrogen (secondary N) is 2. The summed E-state index contributed by atoms with van der Waals surface area (Å²) in [6.45, 7) is 3.39. The van der Waals surface area contributed by atoms with E-state index in [-0.39, 0.29) is 24.4 Å². The Morgan fingerprint density at radius 3 is 2.75 bits per heavy atom. The highest BCUT2D eigenvalue weighted by Gasteiger charge is 2.24. The second-order valence-electron chi connectivity index (χ2n) is 4.91. The van der Waals surface area contributed by atoms with Crippen LogP contribution in [0, 0.1) is 5.92 Å². The fraction of sp³-hybridized carbons (Fsp3) is 0.538. The molecule has 0 amide bonds. The van der Waals surface area contributed by atoms with E-state index >= 15 is 0 Å². The van der Waals surface area contributed by atoms with Crippen LogP contribution >= 0.6 is 28.3 Å². The summed E-state index contributed by atoms with van der Waals surface area (Å²) in [6.07, 6.45) is -0.243. The van der Waals surface area contributed by atoms with Gasteiger partial charge in [-0.15, -0.1) is 12.4 Å². The summed E-state index contributed by atoms with van der Waals surface area (Å²) in [4.78, 5) is 0. The van der Waals surface area contributed by atoms with Crippen molar-refractivity contribution in [1.29, 1.82) is 0 Å². The van der Waals surface area contributed by atoms with Crippen LogP contribution in [0.4, 0.5) is 0 Å². The maximum Gasteiger partial charge on any atom is 0.231 e. The van der Waals surface area contributed by atoms with Gasteiger partial charge in [0.25, 0.3) is 0 Å². The SMILES string of the molecule is Cl.OC1CNCC1CNCc1cc2c(cc1Br)OCO2. The van der Waals surface area contributed by atoms with Crippen LogP contribution in [0.2, 0.25) is 0 Å². The first-order chi connectivity index (χ1) is 9.24. The van der Waals surface area contributed by atoms with Crippen LogP contribution in [0.15, 0.2) is 16.6 Å². The minimum absolute atomic E-state index is 0. The van der Waals surface area contributed by atoms with E-state index in [4.69, 9.17) is 9.47 Å². The monoisotopic (exact) mass is 364 g/mol. The van der Waals surface area contributed by atoms with Gasteiger partial charge >= 0.3 is 0 Å². The van der Waals surface area contributed by atoms with Gasteiger partial charge in [-0.2, -0.15) is 0 Å². The molecule has 3 N–H and O–H groups in total. The third kappa shape index (κ3) is 3.38. The molecule has 3 rings (SSSR count). The number of hydrogen-bond donors (Lipinski definition) is 3. The van der Waals surface area contributed by atoms with Gasteiger partial charge in [0, 0.05) is 36.6 Å². The fourth-order valence-electron chi connectivity index (χ4n) is 2.41. The molecule has 2 aliphatic heterocycles. The molecule has 7 heteroatoms. The van der Waals surface area contributed by atoms with Gasteiger partial charge in [-0.1, -0.05) is 15.9 Å². The number of aliphatic hydroxyl groups is 1. The molecule has 20 heavy (non-hydrogen) atoms. The molecule has 2 atom stereocenters. The molecule has 0 aromatic heterocycles. The second-order valence-corrected chi connectivity index (χ2v) is 5.77. The predicted octanol–water partition coefficient (Wildman–Crippen LogP) is 1.27. The second kappa shape index (κ2) is 6.95. The molecule has 1 saturated heterocycles. The van der Waals surface area contributed by atoms with Crippen molar-refractivity contribution in [2.45, 2.75) is 12.6 Å². The molecule has 1 fully saturated rings. The van der Waals surface area contributed by atoms with Crippen molar-refractivity contribution in [3.63, 3.8) is 0 Å². The average molecular weight is 366 g/mol. The molecule has 0 spiro atoms. The Bertz CT molecular complexity index is 475. The van der Waals surface area contributed by atoms with Crippen LogP contribution in [-0.2, 0) is 6.54 Å². The zero-order valence-corrected chi connectivity index (χ0v) is 13.3. The van der Waals surface area contributed by atoms with Crippen LogP contribution in [0.1, 0.15) is 5.56 Å². The van der Waals surface area contributed by atoms with Gasteiger partial charge in [-0.05, 0) is 17.7 Å². The van der Waals surface area contributed by atoms with E-state index in [1.807, 2.05) is 12.1 Å². The van der Waals surface area contributed by atoms with Crippen LogP contribution in [0.25, 0.3) is 0 Å². The molecule has 2 unspecified atom stereocenters. The van der Waals surface area contributed by atoms with Crippen molar-refractivity contribution in [3.05, 3.63) is 22.2 Å². The molecular weight excluding hydrogens is 348 g/mol. The minimum atomic E-state index is -0.243. The average Bonchev–Trinajstić information content (AvgIpc) is 2.99. The van der Waals surface area contributed by atoms with Gasteiger partial charge in [0.1, 0.15) is 0 Å². The minimum Gasteiger partial charge on any atom is -0.454 e. The van der Waals surface area contributed by atoms with E-state index < -0.39 is 0 Å². The lowest BCUT2D eigenvalue weighted by molar-refractivity contribution is 0.146. The van der Waals surface area contributed by atoms with Crippen LogP contribution in [0.3, 0.4) is 0 Å². The lowest BCUT2D eigenvalue weighted by atomic mass is 10.1. The number of ether oxygens (including phenoxy) is 2. The van der Waals surface area contributed by atoms with Gasteiger partial charge < -0.3 is 25.2 Å². The molecule has 1 aromatic carbocycles. The Hall–Kier alpha value is -0.530. The van der Waals surface area contributed by atoms with Crippen molar-refractivity contribution < 1.29 is 14.6 Å². The molecule has 5 nitrogen and oxygen atoms in total. The summed E-state index contributed by atoms with van der Waals surface area (Å²) in [7, 11) is 0. The molecule has 2 heterocycles. The highest BCUT2D eigenvalue weighted by molar-refractivity contribution is 9.10. The van der Waals surface area contributed by atoms with E-state index in [1.54, 1.807) is 0 Å². The Morgan fingerprint density at radius 2 is 2.05 bits per heavy atom. The third-order valence-electron chi connectivity index (χ3n) is 3.57. The zero-order valence-electron chi connectivity index (χ0n) is 10.9. The zero-order chi connectivity index (χ0) is 13.2. The van der Waals surface area contributed by atoms with Gasteiger partial charge in [0.2, 0.25) is 6.79 Å². The third-order valence-corrected chi connectivity index (χ3v) is 4.31. The maximum absolute atomic E-state index is 9.72. The Kier molecular flexibility index (Phi) is 5.51. The summed E-state index contributed by atoms with van der Waals surface area (Å²) in [6, 6.07) is 3.92. The van der Waals surface area contributed by atoms with Crippen molar-refractivity contribution in [1.82, 2.24) is 10.6 Å². The standard InChI is InChI=1S/C13H17BrN2O3.ClH/c14-10-2-13-12(18-7-19-13)1-8(10)3-15-4-9-5-16-6-11(9)17;/h1-2,9,11,15-17H,3-7H2;1H. The normalized spacial score (nSPS) is 23.7. The molecule has 0 radical (unpaired) electrons. The van der Waals surface area contributed by atoms with Crippen molar-refractivity contribution >= 4 is 28.3 Å². The predicted molar refractivity (Wildman–Crippen MR) is 81.6 cm³/mol. The van der Waals surface area contributed by atoms with Crippen molar-refractivity contribution in [2.75, 3.05) is 26.4 Å². The number of hydrogen-bond acceptors (Lipinski definition) is 5. The fourth-order valence-corrected chi connectivity index (χ4v) is 2.88. The van der Waals surface area contributed by atoms with Crippen molar-refractivity contribution in [3.8, 4) is 11.5 Å². The number of fused-ring (bicyclic) bond motifs is 1. The van der Waals surface area contributed by atoms with Crippen molar-refractivity contribution in [2.24, 2.45) is 5.92 Å². The van der Waals surface area contributed by atoms with Crippen LogP contribution < -0.4 is 20.1 Å². The quantitative estimate of drug-likeness (QED) is 0.750. The first-order valence-electron chi connectivity index (χ1n) is 6.41. The van der Waals surface area contributed by atoms with E-state index in [0.29, 0.717) is 13.3 Å². The largest absolute Gasteiger partial charge is 0.454 e. The number of benzene rings is 1. The molecule has 2 aliphatic rings. The van der Waals surface area contributed by atoms with E-state index in [0.717, 1.165) is 41.2 Å². The van der Waals surface area contributed by atoms with Crippen LogP contribution in [0.5, 0.6) is 11.5 Å². The molecule has 0 aliphatic carbocycles. The molecule has 112 valence electrons.